The van der Waals surface area contributed by atoms with Crippen LogP contribution in [0.2, 0.25) is 0 Å². The third-order valence-corrected chi connectivity index (χ3v) is 2.28. The summed E-state index contributed by atoms with van der Waals surface area (Å²) >= 11 is 0. The summed E-state index contributed by atoms with van der Waals surface area (Å²) in [5.74, 6) is 5.41. The molecule has 64 valence electrons. The van der Waals surface area contributed by atoms with E-state index in [-0.39, 0.29) is 6.17 Å². The Bertz CT molecular complexity index is 272. The molecule has 0 amide bonds. The summed E-state index contributed by atoms with van der Waals surface area (Å²) in [6.45, 7) is 0.992. The van der Waals surface area contributed by atoms with E-state index in [9.17, 15) is 0 Å². The van der Waals surface area contributed by atoms with Gasteiger partial charge in [-0.2, -0.15) is 0 Å². The predicted molar refractivity (Wildman–Crippen MR) is 48.2 cm³/mol. The molecule has 0 spiro atoms. The van der Waals surface area contributed by atoms with Crippen molar-refractivity contribution in [2.45, 2.75) is 12.6 Å². The topological polar surface area (TPSA) is 50.1 Å². The van der Waals surface area contributed by atoms with E-state index in [4.69, 9.17) is 5.84 Å². The summed E-state index contributed by atoms with van der Waals surface area (Å²) in [6, 6.07) is 8.36. The molecule has 0 aromatic heterocycles. The van der Waals surface area contributed by atoms with Crippen molar-refractivity contribution in [2.75, 3.05) is 6.54 Å². The third kappa shape index (κ3) is 1.22. The minimum absolute atomic E-state index is 0.120. The number of hydrogen-bond donors (Lipinski definition) is 3. The first-order valence-electron chi connectivity index (χ1n) is 4.19. The molecule has 4 N–H and O–H groups in total. The third-order valence-electron chi connectivity index (χ3n) is 2.28. The molecule has 1 aliphatic heterocycles. The van der Waals surface area contributed by atoms with Crippen molar-refractivity contribution in [1.82, 2.24) is 10.7 Å². The van der Waals surface area contributed by atoms with Crippen LogP contribution in [-0.4, -0.2) is 6.54 Å². The van der Waals surface area contributed by atoms with E-state index in [1.54, 1.807) is 0 Å². The van der Waals surface area contributed by atoms with E-state index in [2.05, 4.69) is 28.9 Å². The van der Waals surface area contributed by atoms with Crippen LogP contribution in [0.5, 0.6) is 0 Å². The second-order valence-corrected chi connectivity index (χ2v) is 3.00. The highest BCUT2D eigenvalue weighted by Gasteiger charge is 2.16. The smallest absolute Gasteiger partial charge is 0.0963 e. The number of fused-ring (bicyclic) bond motifs is 1. The maximum atomic E-state index is 5.41. The Morgan fingerprint density at radius 2 is 2.25 bits per heavy atom. The molecule has 12 heavy (non-hydrogen) atoms. The first-order chi connectivity index (χ1) is 5.92. The van der Waals surface area contributed by atoms with Crippen molar-refractivity contribution >= 4 is 0 Å². The van der Waals surface area contributed by atoms with Gasteiger partial charge in [-0.25, -0.2) is 5.43 Å². The quantitative estimate of drug-likeness (QED) is 0.412. The summed E-state index contributed by atoms with van der Waals surface area (Å²) < 4.78 is 0. The molecule has 1 atom stereocenters. The van der Waals surface area contributed by atoms with Crippen LogP contribution in [0.4, 0.5) is 0 Å². The van der Waals surface area contributed by atoms with E-state index < -0.39 is 0 Å². The Kier molecular flexibility index (Phi) is 2.08. The van der Waals surface area contributed by atoms with Crippen molar-refractivity contribution in [3.63, 3.8) is 0 Å². The van der Waals surface area contributed by atoms with Gasteiger partial charge in [-0.05, 0) is 17.5 Å². The van der Waals surface area contributed by atoms with E-state index >= 15 is 0 Å². The van der Waals surface area contributed by atoms with Crippen molar-refractivity contribution in [3.05, 3.63) is 35.4 Å². The van der Waals surface area contributed by atoms with E-state index in [0.29, 0.717) is 0 Å². The normalized spacial score (nSPS) is 21.9. The van der Waals surface area contributed by atoms with Gasteiger partial charge in [-0.3, -0.25) is 11.2 Å². The Balaban J connectivity index is 2.37. The molecule has 0 bridgehead atoms. The van der Waals surface area contributed by atoms with Crippen LogP contribution < -0.4 is 16.6 Å². The Labute approximate surface area is 71.9 Å². The molecular formula is C9H13N3. The maximum absolute atomic E-state index is 5.41. The van der Waals surface area contributed by atoms with Crippen LogP contribution in [-0.2, 0) is 6.42 Å². The molecule has 1 aromatic carbocycles. The zero-order valence-corrected chi connectivity index (χ0v) is 6.88. The summed E-state index contributed by atoms with van der Waals surface area (Å²) in [5.41, 5.74) is 5.41. The fraction of sp³-hybridized carbons (Fsp3) is 0.333. The van der Waals surface area contributed by atoms with E-state index in [1.807, 2.05) is 6.07 Å². The molecule has 1 unspecified atom stereocenters. The monoisotopic (exact) mass is 163 g/mol. The van der Waals surface area contributed by atoms with Crippen LogP contribution >= 0.6 is 0 Å². The zero-order valence-electron chi connectivity index (χ0n) is 6.88. The highest BCUT2D eigenvalue weighted by molar-refractivity contribution is 5.31. The van der Waals surface area contributed by atoms with Gasteiger partial charge in [0.2, 0.25) is 0 Å². The van der Waals surface area contributed by atoms with Gasteiger partial charge in [0.15, 0.2) is 0 Å². The fourth-order valence-corrected chi connectivity index (χ4v) is 1.65. The summed E-state index contributed by atoms with van der Waals surface area (Å²) in [4.78, 5) is 0. The molecule has 0 radical (unpaired) electrons. The van der Waals surface area contributed by atoms with Crippen molar-refractivity contribution in [3.8, 4) is 0 Å². The van der Waals surface area contributed by atoms with Crippen molar-refractivity contribution < 1.29 is 0 Å². The molecule has 0 fully saturated rings. The Hall–Kier alpha value is -0.900. The van der Waals surface area contributed by atoms with Gasteiger partial charge < -0.3 is 0 Å². The second kappa shape index (κ2) is 3.23. The number of benzene rings is 1. The highest BCUT2D eigenvalue weighted by atomic mass is 15.3. The van der Waals surface area contributed by atoms with E-state index in [0.717, 1.165) is 13.0 Å². The zero-order chi connectivity index (χ0) is 8.39. The SMILES string of the molecule is NNC1NCCc2ccccc21. The van der Waals surface area contributed by atoms with E-state index in [1.165, 1.54) is 11.1 Å². The first-order valence-corrected chi connectivity index (χ1v) is 4.19. The molecular weight excluding hydrogens is 150 g/mol. The molecule has 3 nitrogen and oxygen atoms in total. The molecule has 0 saturated heterocycles. The van der Waals surface area contributed by atoms with Crippen LogP contribution in [0.15, 0.2) is 24.3 Å². The highest BCUT2D eigenvalue weighted by Crippen LogP contribution is 2.19. The van der Waals surface area contributed by atoms with Gasteiger partial charge in [-0.1, -0.05) is 24.3 Å². The van der Waals surface area contributed by atoms with Crippen LogP contribution in [0.3, 0.4) is 0 Å². The molecule has 0 saturated carbocycles. The maximum Gasteiger partial charge on any atom is 0.0963 e. The largest absolute Gasteiger partial charge is 0.297 e. The van der Waals surface area contributed by atoms with Gasteiger partial charge in [-0.15, -0.1) is 0 Å². The van der Waals surface area contributed by atoms with Crippen LogP contribution in [0.1, 0.15) is 17.3 Å². The van der Waals surface area contributed by atoms with Gasteiger partial charge in [0.1, 0.15) is 0 Å². The molecule has 0 aliphatic carbocycles. The number of nitrogens with one attached hydrogen (secondary N) is 2. The van der Waals surface area contributed by atoms with Gasteiger partial charge in [0.25, 0.3) is 0 Å². The molecule has 3 heteroatoms. The average Bonchev–Trinajstić information content (AvgIpc) is 2.17. The molecule has 1 aliphatic rings. The molecule has 1 heterocycles. The van der Waals surface area contributed by atoms with Gasteiger partial charge in [0, 0.05) is 6.54 Å². The second-order valence-electron chi connectivity index (χ2n) is 3.00. The van der Waals surface area contributed by atoms with Crippen LogP contribution in [0.25, 0.3) is 0 Å². The minimum atomic E-state index is 0.120. The predicted octanol–water partition coefficient (Wildman–Crippen LogP) is 0.294. The van der Waals surface area contributed by atoms with Gasteiger partial charge >= 0.3 is 0 Å². The number of rotatable bonds is 1. The number of hydrazine groups is 1. The summed E-state index contributed by atoms with van der Waals surface area (Å²) in [6.07, 6.45) is 1.21. The first kappa shape index (κ1) is 7.73. The number of nitrogens with two attached hydrogens (primary N) is 1. The van der Waals surface area contributed by atoms with Gasteiger partial charge in [0.05, 0.1) is 6.17 Å². The lowest BCUT2D eigenvalue weighted by molar-refractivity contribution is 0.429. The lowest BCUT2D eigenvalue weighted by Gasteiger charge is -2.25. The Morgan fingerprint density at radius 1 is 1.42 bits per heavy atom. The standard InChI is InChI=1S/C9H13N3/c10-12-9-8-4-2-1-3-7(8)5-6-11-9/h1-4,9,11-12H,5-6,10H2. The summed E-state index contributed by atoms with van der Waals surface area (Å²) in [5, 5.41) is 3.29. The number of hydrogen-bond acceptors (Lipinski definition) is 3. The van der Waals surface area contributed by atoms with Crippen LogP contribution in [0, 0.1) is 0 Å². The summed E-state index contributed by atoms with van der Waals surface area (Å²) in [7, 11) is 0. The molecule has 2 rings (SSSR count). The fourth-order valence-electron chi connectivity index (χ4n) is 1.65. The lowest BCUT2D eigenvalue weighted by Crippen LogP contribution is -2.42. The van der Waals surface area contributed by atoms with Crippen molar-refractivity contribution in [1.29, 1.82) is 0 Å². The van der Waals surface area contributed by atoms with Crippen molar-refractivity contribution in [2.24, 2.45) is 5.84 Å². The lowest BCUT2D eigenvalue weighted by atomic mass is 9.99. The minimum Gasteiger partial charge on any atom is -0.297 e. The Morgan fingerprint density at radius 3 is 3.08 bits per heavy atom. The average molecular weight is 163 g/mol. The molecule has 1 aromatic rings.